The lowest BCUT2D eigenvalue weighted by atomic mass is 9.94. The Hall–Kier alpha value is -2.98. The summed E-state index contributed by atoms with van der Waals surface area (Å²) in [6.07, 6.45) is 0. The van der Waals surface area contributed by atoms with Gasteiger partial charge in [-0.2, -0.15) is 0 Å². The van der Waals surface area contributed by atoms with E-state index in [0.717, 1.165) is 12.1 Å². The van der Waals surface area contributed by atoms with Gasteiger partial charge in [-0.15, -0.1) is 0 Å². The number of nitro benzene ring substituents is 1. The first-order chi connectivity index (χ1) is 16.6. The van der Waals surface area contributed by atoms with Crippen molar-refractivity contribution in [2.45, 2.75) is 21.8 Å². The number of para-hydroxylation sites is 1. The monoisotopic (exact) mass is 551 g/mol. The van der Waals surface area contributed by atoms with Gasteiger partial charge in [0, 0.05) is 16.7 Å². The van der Waals surface area contributed by atoms with Crippen molar-refractivity contribution < 1.29 is 18.1 Å². The Balaban J connectivity index is 1.98. The van der Waals surface area contributed by atoms with Gasteiger partial charge < -0.3 is 0 Å². The van der Waals surface area contributed by atoms with Crippen molar-refractivity contribution in [2.75, 3.05) is 0 Å². The first-order valence-corrected chi connectivity index (χ1v) is 12.8. The van der Waals surface area contributed by atoms with Crippen molar-refractivity contribution in [1.29, 1.82) is 0 Å². The van der Waals surface area contributed by atoms with E-state index in [-0.39, 0.29) is 16.4 Å². The Morgan fingerprint density at radius 2 is 1.57 bits per heavy atom. The number of ketones is 1. The molecule has 2 atom stereocenters. The Labute approximate surface area is 216 Å². The summed E-state index contributed by atoms with van der Waals surface area (Å²) in [6, 6.07) is 16.7. The average Bonchev–Trinajstić information content (AvgIpc) is 3.26. The molecule has 0 amide bonds. The number of amidine groups is 1. The summed E-state index contributed by atoms with van der Waals surface area (Å²) in [7, 11) is -4.74. The number of alkyl halides is 2. The van der Waals surface area contributed by atoms with Gasteiger partial charge in [0.25, 0.3) is 15.7 Å². The summed E-state index contributed by atoms with van der Waals surface area (Å²) in [5.74, 6) is -0.948. The number of carbonyl (C=O) groups is 1. The molecule has 1 aliphatic rings. The van der Waals surface area contributed by atoms with Gasteiger partial charge in [0.05, 0.1) is 4.92 Å². The van der Waals surface area contributed by atoms with Crippen LogP contribution in [0, 0.1) is 10.1 Å². The maximum Gasteiger partial charge on any atom is 0.289 e. The van der Waals surface area contributed by atoms with Crippen molar-refractivity contribution in [1.82, 2.24) is 4.31 Å². The number of benzene rings is 3. The summed E-state index contributed by atoms with van der Waals surface area (Å²) in [6.45, 7) is 0. The highest BCUT2D eigenvalue weighted by Crippen LogP contribution is 2.42. The van der Waals surface area contributed by atoms with E-state index >= 15 is 0 Å². The van der Waals surface area contributed by atoms with Crippen molar-refractivity contribution in [3.8, 4) is 0 Å². The van der Waals surface area contributed by atoms with Crippen LogP contribution >= 0.6 is 34.8 Å². The number of hydrogen-bond donors (Lipinski definition) is 0. The van der Waals surface area contributed by atoms with Gasteiger partial charge in [-0.1, -0.05) is 95.5 Å². The second-order valence-electron chi connectivity index (χ2n) is 7.46. The molecule has 0 radical (unpaired) electrons. The second kappa shape index (κ2) is 9.94. The smallest absolute Gasteiger partial charge is 0.289 e. The summed E-state index contributed by atoms with van der Waals surface area (Å²) in [4.78, 5) is 26.9. The molecule has 0 saturated heterocycles. The van der Waals surface area contributed by atoms with Crippen molar-refractivity contribution in [3.05, 3.63) is 105 Å². The Morgan fingerprint density at radius 1 is 0.971 bits per heavy atom. The molecule has 0 spiro atoms. The van der Waals surface area contributed by atoms with Crippen LogP contribution in [0.15, 0.2) is 88.8 Å². The Bertz CT molecular complexity index is 1430. The molecule has 0 N–H and O–H groups in total. The molecule has 0 unspecified atom stereocenters. The van der Waals surface area contributed by atoms with Crippen molar-refractivity contribution >= 4 is 62.1 Å². The number of sulfonamides is 1. The van der Waals surface area contributed by atoms with Crippen LogP contribution in [0.2, 0.25) is 5.02 Å². The van der Waals surface area contributed by atoms with Crippen LogP contribution in [-0.4, -0.2) is 40.1 Å². The lowest BCUT2D eigenvalue weighted by Crippen LogP contribution is -2.48. The van der Waals surface area contributed by atoms with Crippen LogP contribution in [0.5, 0.6) is 0 Å². The van der Waals surface area contributed by atoms with Gasteiger partial charge >= 0.3 is 0 Å². The van der Waals surface area contributed by atoms with Crippen LogP contribution in [0.4, 0.5) is 5.69 Å². The molecule has 0 bridgehead atoms. The molecule has 0 saturated carbocycles. The van der Waals surface area contributed by atoms with Crippen LogP contribution < -0.4 is 0 Å². The molecule has 0 fully saturated rings. The minimum atomic E-state index is -4.74. The SMILES string of the molecule is O=C(c1ccccc1)[C@H]1[C@H](c2ccccc2Cl)N=C(C(Cl)Cl)N1S(=O)(=O)c1ccccc1[N+](=O)[O-]. The molecule has 3 aromatic carbocycles. The number of rotatable bonds is 7. The fraction of sp³-hybridized carbons (Fsp3) is 0.130. The van der Waals surface area contributed by atoms with Gasteiger partial charge in [0.2, 0.25) is 0 Å². The second-order valence-corrected chi connectivity index (χ2v) is 10.7. The van der Waals surface area contributed by atoms with E-state index in [9.17, 15) is 23.3 Å². The van der Waals surface area contributed by atoms with Gasteiger partial charge in [0.15, 0.2) is 15.5 Å². The molecule has 180 valence electrons. The summed E-state index contributed by atoms with van der Waals surface area (Å²) in [5.41, 5.74) is -0.0932. The molecular formula is C23H16Cl3N3O5S. The van der Waals surface area contributed by atoms with E-state index in [1.807, 2.05) is 0 Å². The van der Waals surface area contributed by atoms with E-state index in [1.54, 1.807) is 42.5 Å². The highest BCUT2D eigenvalue weighted by atomic mass is 35.5. The number of Topliss-reactive ketones (excluding diaryl/α,β-unsaturated/α-hetero) is 1. The van der Waals surface area contributed by atoms with Gasteiger partial charge in [0.1, 0.15) is 17.9 Å². The summed E-state index contributed by atoms with van der Waals surface area (Å²) in [5, 5.41) is 11.9. The van der Waals surface area contributed by atoms with Crippen molar-refractivity contribution in [3.63, 3.8) is 0 Å². The van der Waals surface area contributed by atoms with Crippen LogP contribution in [0.1, 0.15) is 22.0 Å². The number of nitrogens with zero attached hydrogens (tertiary/aromatic N) is 3. The maximum absolute atomic E-state index is 13.9. The third kappa shape index (κ3) is 4.64. The predicted octanol–water partition coefficient (Wildman–Crippen LogP) is 5.45. The predicted molar refractivity (Wildman–Crippen MR) is 134 cm³/mol. The molecule has 4 rings (SSSR count). The molecular weight excluding hydrogens is 537 g/mol. The molecule has 8 nitrogen and oxygen atoms in total. The van der Waals surface area contributed by atoms with Crippen molar-refractivity contribution in [2.24, 2.45) is 4.99 Å². The van der Waals surface area contributed by atoms with E-state index in [2.05, 4.69) is 4.99 Å². The van der Waals surface area contributed by atoms with Gasteiger partial charge in [-0.3, -0.25) is 19.9 Å². The molecule has 0 aromatic heterocycles. The Kier molecular flexibility index (Phi) is 7.14. The first-order valence-electron chi connectivity index (χ1n) is 10.1. The van der Waals surface area contributed by atoms with Gasteiger partial charge in [-0.25, -0.2) is 12.7 Å². The molecule has 12 heteroatoms. The minimum Gasteiger partial charge on any atom is -0.292 e. The minimum absolute atomic E-state index is 0.203. The van der Waals surface area contributed by atoms with E-state index in [4.69, 9.17) is 34.8 Å². The van der Waals surface area contributed by atoms with E-state index in [1.165, 1.54) is 24.3 Å². The van der Waals surface area contributed by atoms with Crippen LogP contribution in [-0.2, 0) is 10.0 Å². The number of carbonyl (C=O) groups excluding carboxylic acids is 1. The van der Waals surface area contributed by atoms with Crippen LogP contribution in [0.3, 0.4) is 0 Å². The van der Waals surface area contributed by atoms with Gasteiger partial charge in [-0.05, 0) is 17.7 Å². The van der Waals surface area contributed by atoms with Crippen LogP contribution in [0.25, 0.3) is 0 Å². The lowest BCUT2D eigenvalue weighted by molar-refractivity contribution is -0.387. The molecule has 3 aromatic rings. The summed E-state index contributed by atoms with van der Waals surface area (Å²) < 4.78 is 28.5. The zero-order valence-corrected chi connectivity index (χ0v) is 20.7. The highest BCUT2D eigenvalue weighted by Gasteiger charge is 2.51. The zero-order chi connectivity index (χ0) is 25.3. The largest absolute Gasteiger partial charge is 0.292 e. The third-order valence-corrected chi connectivity index (χ3v) is 7.96. The number of nitro groups is 1. The maximum atomic E-state index is 13.9. The van der Waals surface area contributed by atoms with E-state index in [0.29, 0.717) is 9.87 Å². The summed E-state index contributed by atoms with van der Waals surface area (Å²) >= 11 is 18.7. The normalized spacial score (nSPS) is 17.9. The topological polar surface area (TPSA) is 110 Å². The molecule has 35 heavy (non-hydrogen) atoms. The quantitative estimate of drug-likeness (QED) is 0.168. The molecule has 1 aliphatic heterocycles. The number of hydrogen-bond acceptors (Lipinski definition) is 6. The Morgan fingerprint density at radius 3 is 2.20 bits per heavy atom. The fourth-order valence-corrected chi connectivity index (χ4v) is 6.34. The number of halogens is 3. The standard InChI is InChI=1S/C23H16Cl3N3O5S/c24-16-11-5-4-10-15(16)19-20(21(30)14-8-2-1-3-9-14)28(23(27-19)22(25)26)35(33,34)18-13-7-6-12-17(18)29(31)32/h1-13,19-20,22H/t19-,20+/m0/s1. The molecule has 0 aliphatic carbocycles. The third-order valence-electron chi connectivity index (χ3n) is 5.39. The lowest BCUT2D eigenvalue weighted by Gasteiger charge is -2.29. The fourth-order valence-electron chi connectivity index (χ4n) is 3.88. The highest BCUT2D eigenvalue weighted by molar-refractivity contribution is 7.90. The number of aliphatic imine (C=N–C) groups is 1. The average molecular weight is 553 g/mol. The zero-order valence-electron chi connectivity index (χ0n) is 17.7. The molecule has 1 heterocycles. The van der Waals surface area contributed by atoms with E-state index < -0.39 is 48.2 Å². The first kappa shape index (κ1) is 25.1.